The minimum Gasteiger partial charge on any atom is -0.477 e. The zero-order valence-corrected chi connectivity index (χ0v) is 13.7. The summed E-state index contributed by atoms with van der Waals surface area (Å²) in [6, 6.07) is 0. The third kappa shape index (κ3) is 2.43. The minimum absolute atomic E-state index is 0.0930. The fourth-order valence-corrected chi connectivity index (χ4v) is 4.66. The van der Waals surface area contributed by atoms with Crippen LogP contribution in [0.3, 0.4) is 0 Å². The van der Waals surface area contributed by atoms with Crippen molar-refractivity contribution in [3.63, 3.8) is 0 Å². The van der Waals surface area contributed by atoms with Crippen LogP contribution in [-0.2, 0) is 19.1 Å². The number of esters is 1. The van der Waals surface area contributed by atoms with Crippen LogP contribution in [0.25, 0.3) is 0 Å². The van der Waals surface area contributed by atoms with Crippen molar-refractivity contribution >= 4 is 61.5 Å². The fraction of sp³-hybridized carbons (Fsp3) is 0.500. The van der Waals surface area contributed by atoms with Crippen LogP contribution in [0.1, 0.15) is 6.92 Å². The van der Waals surface area contributed by atoms with Crippen LogP contribution in [0.4, 0.5) is 0 Å². The third-order valence-corrected chi connectivity index (χ3v) is 6.24. The molecule has 2 heterocycles. The van der Waals surface area contributed by atoms with Crippen LogP contribution < -0.4 is 0 Å². The quantitative estimate of drug-likeness (QED) is 0.425. The Labute approximate surface area is 129 Å². The largest absolute Gasteiger partial charge is 0.477 e. The van der Waals surface area contributed by atoms with Gasteiger partial charge in [0.25, 0.3) is 5.91 Å². The number of carboxylic acid groups (broad SMARTS) is 1. The molecule has 0 aliphatic carbocycles. The number of β-lactam (4-membered cyclic amide) rings is 1. The van der Waals surface area contributed by atoms with Crippen LogP contribution in [0, 0.1) is 0 Å². The number of ether oxygens (including phenoxy) is 1. The molecule has 1 atom stereocenters. The molecule has 1 unspecified atom stereocenters. The summed E-state index contributed by atoms with van der Waals surface area (Å²) < 4.78 is 3.90. The van der Waals surface area contributed by atoms with Gasteiger partial charge in [-0.3, -0.25) is 14.5 Å². The number of carboxylic acids is 1. The molecule has 1 fully saturated rings. The number of alkyl halides is 2. The van der Waals surface area contributed by atoms with Gasteiger partial charge in [-0.05, 0) is 0 Å². The smallest absolute Gasteiger partial charge is 0.352 e. The molecule has 104 valence electrons. The molecule has 0 radical (unpaired) electrons. The Morgan fingerprint density at radius 2 is 2.21 bits per heavy atom. The lowest BCUT2D eigenvalue weighted by atomic mass is 10.1. The van der Waals surface area contributed by atoms with Gasteiger partial charge in [0.05, 0.1) is 0 Å². The van der Waals surface area contributed by atoms with E-state index in [2.05, 4.69) is 31.9 Å². The molecule has 0 aromatic rings. The Hall–Kier alpha value is -0.540. The third-order valence-electron chi connectivity index (χ3n) is 2.69. The highest BCUT2D eigenvalue weighted by molar-refractivity contribution is 9.26. The second kappa shape index (κ2) is 5.10. The van der Waals surface area contributed by atoms with E-state index in [-0.39, 0.29) is 23.6 Å². The van der Waals surface area contributed by atoms with Crippen LogP contribution in [0.2, 0.25) is 0 Å². The van der Waals surface area contributed by atoms with Crippen LogP contribution in [-0.4, -0.2) is 48.8 Å². The summed E-state index contributed by atoms with van der Waals surface area (Å²) in [7, 11) is 0. The zero-order chi connectivity index (χ0) is 14.4. The van der Waals surface area contributed by atoms with E-state index in [0.29, 0.717) is 11.3 Å². The lowest BCUT2D eigenvalue weighted by Gasteiger charge is -2.51. The summed E-state index contributed by atoms with van der Waals surface area (Å²) in [5.74, 6) is -1.67. The Bertz CT molecular complexity index is 504. The lowest BCUT2D eigenvalue weighted by molar-refractivity contribution is -0.146. The Balaban J connectivity index is 2.30. The number of rotatable bonds is 3. The van der Waals surface area contributed by atoms with Gasteiger partial charge in [-0.15, -0.1) is 11.8 Å². The topological polar surface area (TPSA) is 83.9 Å². The molecule has 6 nitrogen and oxygen atoms in total. The molecule has 0 bridgehead atoms. The number of hydrogen-bond acceptors (Lipinski definition) is 5. The van der Waals surface area contributed by atoms with E-state index >= 15 is 0 Å². The van der Waals surface area contributed by atoms with Crippen molar-refractivity contribution in [2.24, 2.45) is 0 Å². The van der Waals surface area contributed by atoms with Crippen LogP contribution in [0.15, 0.2) is 11.3 Å². The van der Waals surface area contributed by atoms with Gasteiger partial charge >= 0.3 is 11.9 Å². The van der Waals surface area contributed by atoms with Crippen molar-refractivity contribution in [3.8, 4) is 0 Å². The van der Waals surface area contributed by atoms with E-state index in [9.17, 15) is 19.5 Å². The molecule has 19 heavy (non-hydrogen) atoms. The summed E-state index contributed by atoms with van der Waals surface area (Å²) in [4.78, 5) is 35.3. The molecular weight excluding hydrogens is 406 g/mol. The summed E-state index contributed by atoms with van der Waals surface area (Å²) >= 11 is 7.87. The number of hydrogen-bond donors (Lipinski definition) is 1. The number of fused-ring (bicyclic) bond motifs is 1. The number of amides is 1. The average molecular weight is 415 g/mol. The normalized spacial score (nSPS) is 24.7. The first-order chi connectivity index (χ1) is 8.76. The molecule has 1 amide bonds. The van der Waals surface area contributed by atoms with Gasteiger partial charge in [0.2, 0.25) is 0 Å². The van der Waals surface area contributed by atoms with E-state index in [1.165, 1.54) is 23.6 Å². The summed E-state index contributed by atoms with van der Waals surface area (Å²) in [5.41, 5.74) is 0.331. The maximum absolute atomic E-state index is 11.9. The first-order valence-electron chi connectivity index (χ1n) is 5.18. The van der Waals surface area contributed by atoms with E-state index in [0.717, 1.165) is 0 Å². The number of thioether (sulfide) groups is 1. The molecule has 0 aromatic heterocycles. The number of halogens is 2. The molecule has 1 saturated heterocycles. The first-order valence-corrected chi connectivity index (χ1v) is 7.82. The van der Waals surface area contributed by atoms with Crippen LogP contribution in [0.5, 0.6) is 0 Å². The summed E-state index contributed by atoms with van der Waals surface area (Å²) in [5, 5.41) is 8.93. The molecule has 1 N–H and O–H groups in total. The highest BCUT2D eigenvalue weighted by atomic mass is 79.9. The Kier molecular flexibility index (Phi) is 3.99. The monoisotopic (exact) mass is 413 g/mol. The van der Waals surface area contributed by atoms with Crippen molar-refractivity contribution in [2.75, 3.05) is 12.4 Å². The van der Waals surface area contributed by atoms with Gasteiger partial charge in [0.15, 0.2) is 3.23 Å². The highest BCUT2D eigenvalue weighted by Gasteiger charge is 2.62. The molecule has 0 spiro atoms. The lowest BCUT2D eigenvalue weighted by Crippen LogP contribution is -2.67. The number of carbonyl (C=O) groups excluding carboxylic acids is 2. The number of nitrogens with zero attached hydrogens (tertiary/aromatic N) is 1. The van der Waals surface area contributed by atoms with Crippen LogP contribution >= 0.6 is 43.6 Å². The standard InChI is InChI=1S/C10H9Br2NO5S/c1-4(14)18-2-5-3-19-9-10(11,12)8(17)13(9)6(5)7(15)16/h9H,2-3H2,1H3,(H,15,16). The van der Waals surface area contributed by atoms with Crippen molar-refractivity contribution in [1.82, 2.24) is 4.90 Å². The molecular formula is C10H9Br2NO5S. The van der Waals surface area contributed by atoms with Gasteiger partial charge in [0.1, 0.15) is 17.7 Å². The Morgan fingerprint density at radius 1 is 1.58 bits per heavy atom. The minimum atomic E-state index is -1.20. The molecule has 9 heteroatoms. The van der Waals surface area contributed by atoms with E-state index in [1.807, 2.05) is 0 Å². The van der Waals surface area contributed by atoms with Gasteiger partial charge in [-0.2, -0.15) is 0 Å². The highest BCUT2D eigenvalue weighted by Crippen LogP contribution is 2.53. The molecule has 2 aliphatic rings. The van der Waals surface area contributed by atoms with Crippen molar-refractivity contribution in [1.29, 1.82) is 0 Å². The molecule has 2 rings (SSSR count). The predicted octanol–water partition coefficient (Wildman–Crippen LogP) is 1.29. The second-order valence-electron chi connectivity index (χ2n) is 4.00. The summed E-state index contributed by atoms with van der Waals surface area (Å²) in [6.45, 7) is 1.13. The maximum atomic E-state index is 11.9. The van der Waals surface area contributed by atoms with Crippen molar-refractivity contribution < 1.29 is 24.2 Å². The van der Waals surface area contributed by atoms with E-state index in [1.54, 1.807) is 0 Å². The maximum Gasteiger partial charge on any atom is 0.352 e. The molecule has 0 saturated carbocycles. The number of carbonyl (C=O) groups is 3. The van der Waals surface area contributed by atoms with E-state index in [4.69, 9.17) is 4.74 Å². The van der Waals surface area contributed by atoms with Gasteiger partial charge in [-0.25, -0.2) is 4.79 Å². The fourth-order valence-electron chi connectivity index (χ4n) is 1.84. The van der Waals surface area contributed by atoms with Gasteiger partial charge in [-0.1, -0.05) is 31.9 Å². The molecule has 2 aliphatic heterocycles. The SMILES string of the molecule is CC(=O)OCC1=C(C(=O)O)N2C(=O)C(Br)(Br)C2SC1. The molecule has 0 aromatic carbocycles. The van der Waals surface area contributed by atoms with E-state index < -0.39 is 15.2 Å². The van der Waals surface area contributed by atoms with Gasteiger partial charge < -0.3 is 9.84 Å². The summed E-state index contributed by atoms with van der Waals surface area (Å²) in [6.07, 6.45) is 0. The first kappa shape index (κ1) is 14.9. The number of aliphatic carboxylic acids is 1. The van der Waals surface area contributed by atoms with Crippen molar-refractivity contribution in [3.05, 3.63) is 11.3 Å². The predicted molar refractivity (Wildman–Crippen MR) is 75.0 cm³/mol. The van der Waals surface area contributed by atoms with Gasteiger partial charge in [0, 0.05) is 18.2 Å². The zero-order valence-electron chi connectivity index (χ0n) is 9.68. The average Bonchev–Trinajstić information content (AvgIpc) is 2.34. The Morgan fingerprint density at radius 3 is 2.74 bits per heavy atom. The second-order valence-corrected chi connectivity index (χ2v) is 8.63. The van der Waals surface area contributed by atoms with Crippen molar-refractivity contribution in [2.45, 2.75) is 15.5 Å².